The number of halogens is 1. The number of ether oxygens (including phenoxy) is 2. The summed E-state index contributed by atoms with van der Waals surface area (Å²) in [6.07, 6.45) is 8.10. The van der Waals surface area contributed by atoms with Gasteiger partial charge in [0.15, 0.2) is 0 Å². The van der Waals surface area contributed by atoms with E-state index in [2.05, 4.69) is 33.6 Å². The highest BCUT2D eigenvalue weighted by atomic mass is 35.5. The third-order valence-corrected chi connectivity index (χ3v) is 14.3. The van der Waals surface area contributed by atoms with Crippen LogP contribution in [0.5, 0.6) is 5.75 Å². The fourth-order valence-electron chi connectivity index (χ4n) is 9.43. The summed E-state index contributed by atoms with van der Waals surface area (Å²) in [6, 6.07) is 12.0. The minimum atomic E-state index is -1.52. The Kier molecular flexibility index (Phi) is 10.2. The van der Waals surface area contributed by atoms with Gasteiger partial charge in [-0.3, -0.25) is 14.4 Å². The molecule has 1 saturated heterocycles. The van der Waals surface area contributed by atoms with Gasteiger partial charge in [-0.2, -0.15) is 0 Å². The number of morpholine rings is 1. The number of nitrogens with zero attached hydrogens (tertiary/aromatic N) is 2. The van der Waals surface area contributed by atoms with Gasteiger partial charge in [-0.1, -0.05) is 31.0 Å². The number of aliphatic hydroxyl groups is 1. The topological polar surface area (TPSA) is 91.3 Å². The molecule has 1 saturated carbocycles. The van der Waals surface area contributed by atoms with Gasteiger partial charge in [-0.15, -0.1) is 0 Å². The molecule has 0 aromatic heterocycles. The van der Waals surface area contributed by atoms with Crippen molar-refractivity contribution in [3.8, 4) is 5.75 Å². The largest absolute Gasteiger partial charge is 0.490 e. The molecule has 3 heterocycles. The van der Waals surface area contributed by atoms with E-state index in [9.17, 15) is 14.1 Å². The smallest absolute Gasteiger partial charge is 0.263 e. The lowest BCUT2D eigenvalue weighted by Crippen LogP contribution is -2.55. The van der Waals surface area contributed by atoms with E-state index >= 15 is 0 Å². The zero-order chi connectivity index (χ0) is 33.5. The molecule has 1 amide bonds. The number of rotatable bonds is 3. The second-order valence-electron chi connectivity index (χ2n) is 15.4. The number of hydrogen-bond donors (Lipinski definition) is 2. The van der Waals surface area contributed by atoms with Crippen molar-refractivity contribution in [1.82, 2.24) is 9.62 Å². The second-order valence-corrected chi connectivity index (χ2v) is 17.4. The van der Waals surface area contributed by atoms with E-state index in [-0.39, 0.29) is 34.5 Å². The SMILES string of the molecule is CC1CCC[C@@](CO)(CN2CCOCC2)C2CCC2CN2C[C@@]3(CCCc4cc(Cl)ccc43)COc3ccc(cc32)C(=O)NS(=O)C1C. The molecule has 2 aromatic rings. The van der Waals surface area contributed by atoms with Gasteiger partial charge in [0, 0.05) is 54.1 Å². The minimum absolute atomic E-state index is 0.163. The minimum Gasteiger partial charge on any atom is -0.490 e. The Balaban J connectivity index is 1.29. The van der Waals surface area contributed by atoms with E-state index in [1.807, 2.05) is 25.1 Å². The molecule has 2 fully saturated rings. The van der Waals surface area contributed by atoms with Crippen molar-refractivity contribution in [2.45, 2.75) is 75.9 Å². The molecule has 0 radical (unpaired) electrons. The lowest BCUT2D eigenvalue weighted by atomic mass is 9.57. The predicted octanol–water partition coefficient (Wildman–Crippen LogP) is 5.75. The zero-order valence-corrected chi connectivity index (χ0v) is 30.1. The molecule has 8 nitrogen and oxygen atoms in total. The van der Waals surface area contributed by atoms with Gasteiger partial charge in [-0.25, -0.2) is 4.21 Å². The molecule has 48 heavy (non-hydrogen) atoms. The first-order valence-corrected chi connectivity index (χ1v) is 19.7. The maximum absolute atomic E-state index is 13.6. The van der Waals surface area contributed by atoms with Gasteiger partial charge in [0.05, 0.1) is 37.4 Å². The van der Waals surface area contributed by atoms with Crippen LogP contribution in [-0.4, -0.2) is 84.5 Å². The van der Waals surface area contributed by atoms with Crippen LogP contribution in [0.2, 0.25) is 5.02 Å². The molecular weight excluding hydrogens is 646 g/mol. The van der Waals surface area contributed by atoms with Crippen LogP contribution in [0.4, 0.5) is 5.69 Å². The lowest BCUT2D eigenvalue weighted by molar-refractivity contribution is -0.0697. The molecule has 5 unspecified atom stereocenters. The number of aliphatic hydroxyl groups excluding tert-OH is 1. The van der Waals surface area contributed by atoms with Crippen molar-refractivity contribution in [1.29, 1.82) is 0 Å². The fraction of sp³-hybridized carbons (Fsp3) is 0.658. The molecule has 3 aliphatic heterocycles. The number of fused-ring (bicyclic) bond motifs is 4. The number of hydrogen-bond acceptors (Lipinski definition) is 7. The number of carbonyl (C=O) groups is 1. The molecule has 262 valence electrons. The summed E-state index contributed by atoms with van der Waals surface area (Å²) in [5.74, 6) is 1.42. The van der Waals surface area contributed by atoms with Crippen molar-refractivity contribution in [2.75, 3.05) is 64.1 Å². The third kappa shape index (κ3) is 6.67. The molecule has 7 atom stereocenters. The number of amides is 1. The summed E-state index contributed by atoms with van der Waals surface area (Å²) >= 11 is 6.48. The first kappa shape index (κ1) is 34.3. The quantitative estimate of drug-likeness (QED) is 0.422. The van der Waals surface area contributed by atoms with Crippen LogP contribution in [0.3, 0.4) is 0 Å². The molecule has 2 N–H and O–H groups in total. The van der Waals surface area contributed by atoms with Gasteiger partial charge < -0.3 is 19.5 Å². The van der Waals surface area contributed by atoms with Gasteiger partial charge in [0.1, 0.15) is 16.7 Å². The van der Waals surface area contributed by atoms with Crippen LogP contribution in [0.15, 0.2) is 36.4 Å². The molecule has 2 aliphatic carbocycles. The normalized spacial score (nSPS) is 34.6. The molecular formula is C38H52ClN3O5S. The maximum atomic E-state index is 13.6. The van der Waals surface area contributed by atoms with Crippen molar-refractivity contribution in [2.24, 2.45) is 23.2 Å². The van der Waals surface area contributed by atoms with E-state index in [1.54, 1.807) is 6.07 Å². The number of benzene rings is 2. The van der Waals surface area contributed by atoms with Gasteiger partial charge in [-0.05, 0) is 111 Å². The number of aryl methyl sites for hydroxylation is 1. The first-order chi connectivity index (χ1) is 23.2. The number of carbonyl (C=O) groups excluding carboxylic acids is 1. The molecule has 2 aromatic carbocycles. The van der Waals surface area contributed by atoms with E-state index in [0.29, 0.717) is 24.0 Å². The van der Waals surface area contributed by atoms with E-state index < -0.39 is 11.0 Å². The van der Waals surface area contributed by atoms with E-state index in [0.717, 1.165) is 114 Å². The Morgan fingerprint density at radius 1 is 1.06 bits per heavy atom. The third-order valence-electron chi connectivity index (χ3n) is 12.6. The Bertz CT molecular complexity index is 1520. The monoisotopic (exact) mass is 697 g/mol. The number of anilines is 1. The Morgan fingerprint density at radius 3 is 2.67 bits per heavy atom. The lowest BCUT2D eigenvalue weighted by Gasteiger charge is -2.53. The van der Waals surface area contributed by atoms with Crippen LogP contribution in [-0.2, 0) is 27.6 Å². The highest BCUT2D eigenvalue weighted by molar-refractivity contribution is 7.84. The molecule has 2 bridgehead atoms. The average Bonchev–Trinajstić information content (AvgIpc) is 3.22. The summed E-state index contributed by atoms with van der Waals surface area (Å²) < 4.78 is 28.7. The summed E-state index contributed by atoms with van der Waals surface area (Å²) in [6.45, 7) is 10.6. The summed E-state index contributed by atoms with van der Waals surface area (Å²) in [5, 5.41) is 11.9. The first-order valence-electron chi connectivity index (χ1n) is 18.1. The van der Waals surface area contributed by atoms with Gasteiger partial charge >= 0.3 is 0 Å². The zero-order valence-electron chi connectivity index (χ0n) is 28.6. The predicted molar refractivity (Wildman–Crippen MR) is 191 cm³/mol. The number of nitrogens with one attached hydrogen (secondary N) is 1. The Hall–Kier alpha value is -2.17. The maximum Gasteiger partial charge on any atom is 0.263 e. The highest BCUT2D eigenvalue weighted by Crippen LogP contribution is 2.52. The van der Waals surface area contributed by atoms with E-state index in [4.69, 9.17) is 21.1 Å². The summed E-state index contributed by atoms with van der Waals surface area (Å²) in [7, 11) is -1.52. The van der Waals surface area contributed by atoms with Crippen LogP contribution in [0.1, 0.15) is 80.3 Å². The molecule has 7 rings (SSSR count). The van der Waals surface area contributed by atoms with E-state index in [1.165, 1.54) is 11.1 Å². The second kappa shape index (κ2) is 14.2. The molecule has 5 aliphatic rings. The van der Waals surface area contributed by atoms with Gasteiger partial charge in [0.2, 0.25) is 0 Å². The Labute approximate surface area is 293 Å². The van der Waals surface area contributed by atoms with Crippen LogP contribution in [0.25, 0.3) is 0 Å². The van der Waals surface area contributed by atoms with Crippen LogP contribution >= 0.6 is 11.6 Å². The van der Waals surface area contributed by atoms with Crippen molar-refractivity contribution in [3.63, 3.8) is 0 Å². The van der Waals surface area contributed by atoms with Crippen LogP contribution < -0.4 is 14.4 Å². The summed E-state index contributed by atoms with van der Waals surface area (Å²) in [4.78, 5) is 18.6. The van der Waals surface area contributed by atoms with Crippen LogP contribution in [0, 0.1) is 23.2 Å². The highest BCUT2D eigenvalue weighted by Gasteiger charge is 2.50. The Morgan fingerprint density at radius 2 is 1.90 bits per heavy atom. The van der Waals surface area contributed by atoms with Crippen molar-refractivity contribution in [3.05, 3.63) is 58.1 Å². The average molecular weight is 698 g/mol. The molecule has 10 heteroatoms. The summed E-state index contributed by atoms with van der Waals surface area (Å²) in [5.41, 5.74) is 3.61. The fourth-order valence-corrected chi connectivity index (χ4v) is 10.7. The van der Waals surface area contributed by atoms with Crippen molar-refractivity contribution < 1.29 is 23.6 Å². The standard InChI is InChI=1S/C38H52ClN3O5S/c1-26-5-3-13-37(24-43,22-41-15-17-46-18-16-41)33-10-7-30(33)21-42-23-38(14-4-6-28-19-31(39)9-11-32(28)38)25-47-35-12-8-29(20-34(35)42)36(44)40-48(45)27(26)2/h8-9,11-12,19-20,26-27,30,33,43H,3-7,10,13-18,21-25H2,1-2H3,(H,40,44)/t26?,27?,30?,33?,37-,38-,48?/m0/s1. The van der Waals surface area contributed by atoms with Crippen molar-refractivity contribution >= 4 is 34.2 Å². The molecule has 1 spiro atoms. The van der Waals surface area contributed by atoms with Gasteiger partial charge in [0.25, 0.3) is 5.91 Å².